The van der Waals surface area contributed by atoms with Gasteiger partial charge in [0.2, 0.25) is 5.91 Å². The molecule has 3 aromatic carbocycles. The molecule has 0 aliphatic rings. The summed E-state index contributed by atoms with van der Waals surface area (Å²) in [6.07, 6.45) is 0.0515. The highest BCUT2D eigenvalue weighted by atomic mass is 16.5. The number of benzene rings is 3. The Morgan fingerprint density at radius 1 is 0.750 bits per heavy atom. The molecular weight excluding hydrogens is 408 g/mol. The molecular formula is C25H20N2O5. The van der Waals surface area contributed by atoms with Gasteiger partial charge in [-0.3, -0.25) is 24.5 Å². The summed E-state index contributed by atoms with van der Waals surface area (Å²) in [5.74, 6) is -1.84. The maximum Gasteiger partial charge on any atom is 0.326 e. The third-order valence-electron chi connectivity index (χ3n) is 5.02. The zero-order chi connectivity index (χ0) is 22.5. The summed E-state index contributed by atoms with van der Waals surface area (Å²) in [5, 5.41) is 3.19. The molecule has 0 spiro atoms. The van der Waals surface area contributed by atoms with Gasteiger partial charge in [0.15, 0.2) is 12.0 Å². The van der Waals surface area contributed by atoms with Gasteiger partial charge in [-0.05, 0) is 29.8 Å². The number of nitrogens with one attached hydrogen (secondary N) is 1. The number of nitrogens with zero attached hydrogens (tertiary/aromatic N) is 1. The van der Waals surface area contributed by atoms with E-state index in [4.69, 9.17) is 4.74 Å². The summed E-state index contributed by atoms with van der Waals surface area (Å²) in [6.45, 7) is -0.762. The van der Waals surface area contributed by atoms with Crippen LogP contribution in [-0.2, 0) is 32.1 Å². The van der Waals surface area contributed by atoms with Gasteiger partial charge < -0.3 is 9.30 Å². The third-order valence-corrected chi connectivity index (χ3v) is 5.02. The van der Waals surface area contributed by atoms with Crippen LogP contribution in [0.25, 0.3) is 21.8 Å². The maximum absolute atomic E-state index is 12.8. The highest BCUT2D eigenvalue weighted by Crippen LogP contribution is 2.19. The molecule has 4 aromatic rings. The Morgan fingerprint density at radius 3 is 1.94 bits per heavy atom. The lowest BCUT2D eigenvalue weighted by atomic mass is 10.1. The number of para-hydroxylation sites is 2. The van der Waals surface area contributed by atoms with E-state index in [9.17, 15) is 19.2 Å². The van der Waals surface area contributed by atoms with Crippen LogP contribution in [0.15, 0.2) is 83.7 Å². The lowest BCUT2D eigenvalue weighted by molar-refractivity contribution is -0.150. The van der Waals surface area contributed by atoms with Crippen LogP contribution in [0.5, 0.6) is 0 Å². The van der Waals surface area contributed by atoms with Crippen molar-refractivity contribution in [1.29, 1.82) is 0 Å². The van der Waals surface area contributed by atoms with Crippen molar-refractivity contribution < 1.29 is 19.1 Å². The minimum Gasteiger partial charge on any atom is -0.454 e. The number of pyridine rings is 1. The summed E-state index contributed by atoms with van der Waals surface area (Å²) in [5.41, 5.74) is 1.84. The van der Waals surface area contributed by atoms with E-state index >= 15 is 0 Å². The highest BCUT2D eigenvalue weighted by Gasteiger charge is 2.15. The van der Waals surface area contributed by atoms with E-state index in [0.717, 1.165) is 5.56 Å². The first kappa shape index (κ1) is 21.0. The molecule has 32 heavy (non-hydrogen) atoms. The quantitative estimate of drug-likeness (QED) is 0.376. The molecule has 7 nitrogen and oxygen atoms in total. The van der Waals surface area contributed by atoms with E-state index in [1.807, 2.05) is 6.07 Å². The van der Waals surface area contributed by atoms with Crippen molar-refractivity contribution in [3.63, 3.8) is 0 Å². The molecule has 0 aliphatic heterocycles. The lowest BCUT2D eigenvalue weighted by Gasteiger charge is -2.14. The lowest BCUT2D eigenvalue weighted by Crippen LogP contribution is -2.35. The molecule has 0 atom stereocenters. The largest absolute Gasteiger partial charge is 0.454 e. The molecule has 0 radical (unpaired) electrons. The zero-order valence-corrected chi connectivity index (χ0v) is 17.1. The van der Waals surface area contributed by atoms with Gasteiger partial charge >= 0.3 is 5.97 Å². The molecule has 0 bridgehead atoms. The average Bonchev–Trinajstić information content (AvgIpc) is 2.81. The number of hydrogen-bond donors (Lipinski definition) is 1. The van der Waals surface area contributed by atoms with Gasteiger partial charge in [-0.2, -0.15) is 0 Å². The molecule has 1 aromatic heterocycles. The van der Waals surface area contributed by atoms with Crippen LogP contribution in [0.2, 0.25) is 0 Å². The molecule has 0 saturated carbocycles. The van der Waals surface area contributed by atoms with Crippen molar-refractivity contribution in [3.05, 3.63) is 94.6 Å². The van der Waals surface area contributed by atoms with E-state index in [0.29, 0.717) is 21.8 Å². The molecule has 0 aliphatic carbocycles. The minimum absolute atomic E-state index is 0.0515. The van der Waals surface area contributed by atoms with Crippen LogP contribution in [0.4, 0.5) is 0 Å². The van der Waals surface area contributed by atoms with E-state index in [1.54, 1.807) is 77.4 Å². The maximum atomic E-state index is 12.8. The molecule has 1 heterocycles. The second-order valence-corrected chi connectivity index (χ2v) is 7.24. The fraction of sp³-hybridized carbons (Fsp3) is 0.120. The fourth-order valence-corrected chi connectivity index (χ4v) is 3.59. The van der Waals surface area contributed by atoms with Crippen molar-refractivity contribution in [2.24, 2.45) is 0 Å². The number of fused-ring (bicyclic) bond motifs is 2. The normalized spacial score (nSPS) is 10.8. The van der Waals surface area contributed by atoms with E-state index in [-0.39, 0.29) is 18.4 Å². The number of imide groups is 1. The van der Waals surface area contributed by atoms with Gasteiger partial charge in [0.25, 0.3) is 5.91 Å². The van der Waals surface area contributed by atoms with Crippen LogP contribution in [0.1, 0.15) is 5.56 Å². The molecule has 0 saturated heterocycles. The van der Waals surface area contributed by atoms with Crippen molar-refractivity contribution in [2.45, 2.75) is 13.0 Å². The highest BCUT2D eigenvalue weighted by molar-refractivity contribution is 5.97. The van der Waals surface area contributed by atoms with Crippen molar-refractivity contribution in [2.75, 3.05) is 6.61 Å². The summed E-state index contributed by atoms with van der Waals surface area (Å²) in [4.78, 5) is 49.2. The molecule has 0 fully saturated rings. The van der Waals surface area contributed by atoms with Crippen LogP contribution in [-0.4, -0.2) is 29.0 Å². The van der Waals surface area contributed by atoms with Gasteiger partial charge in [0.05, 0.1) is 17.5 Å². The van der Waals surface area contributed by atoms with E-state index in [2.05, 4.69) is 5.32 Å². The number of aromatic nitrogens is 1. The summed E-state index contributed by atoms with van der Waals surface area (Å²) in [7, 11) is 0. The first-order valence-corrected chi connectivity index (χ1v) is 10.1. The Hall–Kier alpha value is -4.26. The molecule has 0 unspecified atom stereocenters. The van der Waals surface area contributed by atoms with E-state index < -0.39 is 24.4 Å². The second kappa shape index (κ2) is 9.26. The number of carbonyl (C=O) groups is 3. The monoisotopic (exact) mass is 428 g/mol. The predicted molar refractivity (Wildman–Crippen MR) is 120 cm³/mol. The van der Waals surface area contributed by atoms with Crippen LogP contribution in [0.3, 0.4) is 0 Å². The van der Waals surface area contributed by atoms with Gasteiger partial charge in [0.1, 0.15) is 6.54 Å². The molecule has 1 N–H and O–H groups in total. The predicted octanol–water partition coefficient (Wildman–Crippen LogP) is 2.58. The number of rotatable bonds is 6. The van der Waals surface area contributed by atoms with Gasteiger partial charge in [0, 0.05) is 10.8 Å². The van der Waals surface area contributed by atoms with E-state index in [1.165, 1.54) is 0 Å². The molecule has 7 heteroatoms. The van der Waals surface area contributed by atoms with Gasteiger partial charge in [-0.15, -0.1) is 0 Å². The standard InChI is InChI=1S/C25H20N2O5/c28-22(14-17-8-2-1-3-9-17)26-23(29)16-32-24(30)15-27-20-12-6-4-10-18(20)25(31)19-11-5-7-13-21(19)27/h1-13H,14-16H2,(H,26,28,29). The number of amides is 2. The zero-order valence-electron chi connectivity index (χ0n) is 17.1. The average molecular weight is 428 g/mol. The SMILES string of the molecule is O=C(COC(=O)Cn1c2ccccc2c(=O)c2ccccc21)NC(=O)Cc1ccccc1. The minimum atomic E-state index is -0.700. The Kier molecular flexibility index (Phi) is 6.07. The van der Waals surface area contributed by atoms with Crippen LogP contribution < -0.4 is 10.7 Å². The first-order valence-electron chi connectivity index (χ1n) is 10.1. The second-order valence-electron chi connectivity index (χ2n) is 7.24. The Bertz CT molecular complexity index is 1320. The molecule has 2 amide bonds. The van der Waals surface area contributed by atoms with Gasteiger partial charge in [-0.1, -0.05) is 54.6 Å². The topological polar surface area (TPSA) is 94.5 Å². The summed E-state index contributed by atoms with van der Waals surface area (Å²) >= 11 is 0. The van der Waals surface area contributed by atoms with Crippen molar-refractivity contribution >= 4 is 39.6 Å². The summed E-state index contributed by atoms with van der Waals surface area (Å²) < 4.78 is 6.77. The number of hydrogen-bond acceptors (Lipinski definition) is 5. The smallest absolute Gasteiger partial charge is 0.326 e. The first-order chi connectivity index (χ1) is 15.5. The Morgan fingerprint density at radius 2 is 1.31 bits per heavy atom. The number of esters is 1. The molecule has 4 rings (SSSR count). The molecule has 160 valence electrons. The van der Waals surface area contributed by atoms with Crippen LogP contribution in [0, 0.1) is 0 Å². The summed E-state index contributed by atoms with van der Waals surface area (Å²) in [6, 6.07) is 23.0. The van der Waals surface area contributed by atoms with Crippen molar-refractivity contribution in [3.8, 4) is 0 Å². The Labute approximate surface area is 183 Å². The third kappa shape index (κ3) is 4.57. The van der Waals surface area contributed by atoms with Gasteiger partial charge in [-0.25, -0.2) is 0 Å². The van der Waals surface area contributed by atoms with Crippen LogP contribution >= 0.6 is 0 Å². The van der Waals surface area contributed by atoms with Crippen molar-refractivity contribution in [1.82, 2.24) is 9.88 Å². The Balaban J connectivity index is 1.44. The number of carbonyl (C=O) groups excluding carboxylic acids is 3. The fourth-order valence-electron chi connectivity index (χ4n) is 3.59. The number of ether oxygens (including phenoxy) is 1.